The number of aliphatic hydroxyl groups excluding tert-OH is 2. The van der Waals surface area contributed by atoms with Gasteiger partial charge in [0.2, 0.25) is 0 Å². The Morgan fingerprint density at radius 1 is 1.04 bits per heavy atom. The minimum Gasteiger partial charge on any atom is -0.507 e. The molecule has 0 aliphatic heterocycles. The van der Waals surface area contributed by atoms with E-state index in [2.05, 4.69) is 10.2 Å². The summed E-state index contributed by atoms with van der Waals surface area (Å²) in [5.41, 5.74) is 0.156. The molecule has 0 aromatic heterocycles. The van der Waals surface area contributed by atoms with Gasteiger partial charge in [-0.15, -0.1) is 0 Å². The van der Waals surface area contributed by atoms with Gasteiger partial charge in [-0.1, -0.05) is 0 Å². The third-order valence-corrected chi connectivity index (χ3v) is 5.63. The van der Waals surface area contributed by atoms with Gasteiger partial charge in [-0.05, 0) is 6.07 Å². The van der Waals surface area contributed by atoms with Crippen molar-refractivity contribution in [2.24, 2.45) is 10.2 Å². The fraction of sp³-hybridized carbons (Fsp3) is 0.133. The Hall–Kier alpha value is -1.96. The first-order chi connectivity index (χ1) is 12.6. The van der Waals surface area contributed by atoms with E-state index in [0.717, 1.165) is 6.07 Å². The number of nitrogens with zero attached hydrogens (tertiary/aromatic N) is 2. The SMILES string of the molecule is O=C(O)c1cc(N=Nc2ccc(S(=O)(=O)NC(O)[CH](O)[Po])cc2)ccc1O. The van der Waals surface area contributed by atoms with Gasteiger partial charge >= 0.3 is 137 Å². The number of aromatic carboxylic acids is 1. The van der Waals surface area contributed by atoms with Crippen LogP contribution in [-0.4, -0.2) is 69.9 Å². The number of nitrogens with one attached hydrogen (secondary N) is 1. The van der Waals surface area contributed by atoms with Crippen LogP contribution in [0.5, 0.6) is 5.75 Å². The molecule has 2 aromatic carbocycles. The zero-order chi connectivity index (χ0) is 20.2. The van der Waals surface area contributed by atoms with Gasteiger partial charge in [0, 0.05) is 0 Å². The molecule has 0 fully saturated rings. The van der Waals surface area contributed by atoms with Gasteiger partial charge in [0.15, 0.2) is 0 Å². The first kappa shape index (κ1) is 21.3. The van der Waals surface area contributed by atoms with Gasteiger partial charge in [0.25, 0.3) is 0 Å². The van der Waals surface area contributed by atoms with Crippen molar-refractivity contribution in [1.82, 2.24) is 4.72 Å². The number of phenols is 1. The molecule has 0 amide bonds. The van der Waals surface area contributed by atoms with E-state index in [1.807, 2.05) is 4.72 Å². The number of benzene rings is 2. The molecule has 27 heavy (non-hydrogen) atoms. The van der Waals surface area contributed by atoms with Gasteiger partial charge in [-0.25, -0.2) is 4.79 Å². The van der Waals surface area contributed by atoms with Crippen molar-refractivity contribution in [2.75, 3.05) is 0 Å². The summed E-state index contributed by atoms with van der Waals surface area (Å²) >= 11 is 0.608. The summed E-state index contributed by atoms with van der Waals surface area (Å²) in [5.74, 6) is -1.71. The predicted octanol–water partition coefficient (Wildman–Crippen LogP) is 0.589. The summed E-state index contributed by atoms with van der Waals surface area (Å²) in [6.45, 7) is 0. The molecule has 1 radical (unpaired) electrons. The van der Waals surface area contributed by atoms with Crippen molar-refractivity contribution in [3.05, 3.63) is 48.0 Å². The van der Waals surface area contributed by atoms with Crippen LogP contribution in [0.15, 0.2) is 57.6 Å². The number of azo groups is 1. The number of aliphatic hydroxyl groups is 2. The summed E-state index contributed by atoms with van der Waals surface area (Å²) in [6, 6.07) is 8.87. The summed E-state index contributed by atoms with van der Waals surface area (Å²) in [6.07, 6.45) is -1.61. The quantitative estimate of drug-likeness (QED) is 0.233. The number of hydrogen-bond donors (Lipinski definition) is 5. The second-order valence-corrected chi connectivity index (χ2v) is 8.75. The van der Waals surface area contributed by atoms with Gasteiger partial charge in [-0.3, -0.25) is 0 Å². The molecule has 0 aliphatic rings. The molecule has 2 rings (SSSR count). The van der Waals surface area contributed by atoms with Gasteiger partial charge in [-0.2, -0.15) is 0 Å². The maximum absolute atomic E-state index is 12.1. The van der Waals surface area contributed by atoms with Gasteiger partial charge in [0.1, 0.15) is 11.3 Å². The molecule has 0 aliphatic carbocycles. The molecular formula is C15H14N3O7PoS. The molecule has 0 saturated carbocycles. The maximum atomic E-state index is 12.1. The van der Waals surface area contributed by atoms with Crippen molar-refractivity contribution >= 4 is 52.4 Å². The van der Waals surface area contributed by atoms with E-state index in [1.165, 1.54) is 36.4 Å². The zero-order valence-electron chi connectivity index (χ0n) is 13.4. The monoisotopic (exact) mass is 589 g/mol. The van der Waals surface area contributed by atoms with Crippen molar-refractivity contribution in [2.45, 2.75) is 14.9 Å². The molecule has 0 heterocycles. The van der Waals surface area contributed by atoms with E-state index in [-0.39, 0.29) is 16.1 Å². The fourth-order valence-corrected chi connectivity index (χ4v) is 3.56. The van der Waals surface area contributed by atoms with Crippen LogP contribution in [0.1, 0.15) is 10.4 Å². The summed E-state index contributed by atoms with van der Waals surface area (Å²) in [7, 11) is -4.02. The molecule has 10 nitrogen and oxygen atoms in total. The number of aromatic hydroxyl groups is 1. The van der Waals surface area contributed by atoms with Crippen molar-refractivity contribution in [3.63, 3.8) is 0 Å². The van der Waals surface area contributed by atoms with Crippen molar-refractivity contribution in [3.8, 4) is 5.75 Å². The van der Waals surface area contributed by atoms with Crippen molar-refractivity contribution in [1.29, 1.82) is 0 Å². The topological polar surface area (TPSA) is 169 Å². The summed E-state index contributed by atoms with van der Waals surface area (Å²) < 4.78 is 24.9. The third-order valence-electron chi connectivity index (χ3n) is 3.18. The van der Waals surface area contributed by atoms with Gasteiger partial charge in [0.05, 0.1) is 0 Å². The standard InChI is InChI=1S/C15H14N3O7S.Po/c19-8-14(21)18-26(24,25)11-4-1-9(2-5-11)16-17-10-3-6-13(20)12(7-10)15(22)23;/h1-8,14,18-21H,(H,22,23);. The summed E-state index contributed by atoms with van der Waals surface area (Å²) in [5, 5.41) is 44.8. The zero-order valence-corrected chi connectivity index (χ0v) is 17.4. The number of carboxylic acids is 1. The second kappa shape index (κ2) is 8.82. The Morgan fingerprint density at radius 2 is 1.59 bits per heavy atom. The average Bonchev–Trinajstić information content (AvgIpc) is 2.60. The third kappa shape index (κ3) is 5.75. The van der Waals surface area contributed by atoms with Crippen LogP contribution in [0.3, 0.4) is 0 Å². The Bertz CT molecular complexity index is 962. The number of carboxylic acid groups (broad SMARTS) is 1. The van der Waals surface area contributed by atoms with E-state index in [1.54, 1.807) is 0 Å². The fourth-order valence-electron chi connectivity index (χ4n) is 1.85. The molecule has 2 unspecified atom stereocenters. The molecule has 0 spiro atoms. The minimum absolute atomic E-state index is 0.144. The smallest absolute Gasteiger partial charge is 0.507 e. The van der Waals surface area contributed by atoms with Crippen LogP contribution in [0, 0.1) is 0 Å². The molecule has 5 N–H and O–H groups in total. The van der Waals surface area contributed by atoms with Crippen LogP contribution in [-0.2, 0) is 10.0 Å². The van der Waals surface area contributed by atoms with E-state index in [4.69, 9.17) is 5.11 Å². The first-order valence-corrected chi connectivity index (χ1v) is 10.5. The Morgan fingerprint density at radius 3 is 2.15 bits per heavy atom. The molecule has 2 atom stereocenters. The number of rotatable bonds is 7. The molecule has 143 valence electrons. The number of sulfonamides is 1. The van der Waals surface area contributed by atoms with Crippen LogP contribution < -0.4 is 4.72 Å². The van der Waals surface area contributed by atoms with E-state index in [0.29, 0.717) is 30.8 Å². The number of hydrogen-bond acceptors (Lipinski definition) is 8. The van der Waals surface area contributed by atoms with Crippen LogP contribution in [0.2, 0.25) is 0 Å². The van der Waals surface area contributed by atoms with E-state index >= 15 is 0 Å². The molecule has 0 saturated heterocycles. The molecule has 2 aromatic rings. The minimum atomic E-state index is -4.02. The Labute approximate surface area is 169 Å². The Balaban J connectivity index is 2.17. The Kier molecular flexibility index (Phi) is 6.97. The predicted molar refractivity (Wildman–Crippen MR) is 93.8 cm³/mol. The van der Waals surface area contributed by atoms with Crippen molar-refractivity contribution < 1.29 is 33.6 Å². The second-order valence-electron chi connectivity index (χ2n) is 5.16. The van der Waals surface area contributed by atoms with Crippen LogP contribution in [0.4, 0.5) is 11.4 Å². The summed E-state index contributed by atoms with van der Waals surface area (Å²) in [4.78, 5) is 10.8. The van der Waals surface area contributed by atoms with E-state index < -0.39 is 31.7 Å². The normalized spacial score (nSPS) is 14.2. The van der Waals surface area contributed by atoms with E-state index in [9.17, 15) is 28.5 Å². The molecule has 0 bridgehead atoms. The van der Waals surface area contributed by atoms with Crippen LogP contribution >= 0.6 is 0 Å². The van der Waals surface area contributed by atoms with Gasteiger partial charge < -0.3 is 10.2 Å². The average molecular weight is 589 g/mol. The first-order valence-electron chi connectivity index (χ1n) is 7.22. The molecular weight excluding hydrogens is 575 g/mol. The molecule has 12 heteroatoms. The number of carbonyl (C=O) groups is 1. The van der Waals surface area contributed by atoms with Crippen LogP contribution in [0.25, 0.3) is 0 Å².